The summed E-state index contributed by atoms with van der Waals surface area (Å²) in [6, 6.07) is 8.35. The summed E-state index contributed by atoms with van der Waals surface area (Å²) in [5, 5.41) is 4.10. The smallest absolute Gasteiger partial charge is 0.134 e. The first kappa shape index (κ1) is 10.2. The number of hydrogen-bond donors (Lipinski definition) is 1. The molecule has 0 aliphatic carbocycles. The molecule has 80 valence electrons. The van der Waals surface area contributed by atoms with Crippen LogP contribution in [0.4, 0.5) is 0 Å². The van der Waals surface area contributed by atoms with E-state index in [0.717, 1.165) is 24.1 Å². The molecular weight excluding hydrogens is 188 g/mol. The van der Waals surface area contributed by atoms with Gasteiger partial charge < -0.3 is 10.6 Å². The van der Waals surface area contributed by atoms with Gasteiger partial charge in [0.05, 0.1) is 5.71 Å². The third-order valence-corrected chi connectivity index (χ3v) is 2.61. The Kier molecular flexibility index (Phi) is 3.02. The van der Waals surface area contributed by atoms with Gasteiger partial charge >= 0.3 is 0 Å². The first-order valence-corrected chi connectivity index (χ1v) is 5.29. The Labute approximate surface area is 89.9 Å². The molecule has 2 rings (SSSR count). The van der Waals surface area contributed by atoms with Crippen LogP contribution in [-0.4, -0.2) is 18.4 Å². The molecule has 0 spiro atoms. The summed E-state index contributed by atoms with van der Waals surface area (Å²) in [5.41, 5.74) is 8.93. The molecule has 0 radical (unpaired) electrons. The minimum Gasteiger partial charge on any atom is -0.392 e. The van der Waals surface area contributed by atoms with Gasteiger partial charge in [0, 0.05) is 6.42 Å². The predicted molar refractivity (Wildman–Crippen MR) is 60.9 cm³/mol. The van der Waals surface area contributed by atoms with E-state index in [2.05, 4.69) is 36.3 Å². The first-order valence-electron chi connectivity index (χ1n) is 5.29. The zero-order valence-corrected chi connectivity index (χ0v) is 8.94. The van der Waals surface area contributed by atoms with Crippen LogP contribution in [0.3, 0.4) is 0 Å². The molecule has 1 atom stereocenters. The third-order valence-electron chi connectivity index (χ3n) is 2.61. The largest absolute Gasteiger partial charge is 0.392 e. The van der Waals surface area contributed by atoms with E-state index in [0.29, 0.717) is 6.54 Å². The molecule has 3 heteroatoms. The fraction of sp³-hybridized carbons (Fsp3) is 0.417. The maximum atomic E-state index is 5.48. The fourth-order valence-electron chi connectivity index (χ4n) is 1.69. The van der Waals surface area contributed by atoms with E-state index in [1.165, 1.54) is 5.56 Å². The van der Waals surface area contributed by atoms with E-state index in [-0.39, 0.29) is 6.10 Å². The van der Waals surface area contributed by atoms with Gasteiger partial charge in [0.2, 0.25) is 0 Å². The highest BCUT2D eigenvalue weighted by Gasteiger charge is 2.20. The number of hydrogen-bond acceptors (Lipinski definition) is 3. The highest BCUT2D eigenvalue weighted by Crippen LogP contribution is 2.18. The van der Waals surface area contributed by atoms with Gasteiger partial charge in [-0.25, -0.2) is 0 Å². The summed E-state index contributed by atoms with van der Waals surface area (Å²) in [4.78, 5) is 5.30. The van der Waals surface area contributed by atoms with Gasteiger partial charge in [-0.2, -0.15) is 0 Å². The second-order valence-corrected chi connectivity index (χ2v) is 3.91. The van der Waals surface area contributed by atoms with Crippen molar-refractivity contribution in [1.29, 1.82) is 0 Å². The van der Waals surface area contributed by atoms with Crippen LogP contribution < -0.4 is 5.73 Å². The van der Waals surface area contributed by atoms with Gasteiger partial charge in [-0.15, -0.1) is 0 Å². The topological polar surface area (TPSA) is 47.6 Å². The Morgan fingerprint density at radius 3 is 2.80 bits per heavy atom. The van der Waals surface area contributed by atoms with Crippen LogP contribution in [0.15, 0.2) is 29.4 Å². The van der Waals surface area contributed by atoms with Gasteiger partial charge in [-0.1, -0.05) is 35.0 Å². The molecule has 0 fully saturated rings. The van der Waals surface area contributed by atoms with Crippen LogP contribution in [0.2, 0.25) is 0 Å². The summed E-state index contributed by atoms with van der Waals surface area (Å²) in [7, 11) is 0. The van der Waals surface area contributed by atoms with Crippen molar-refractivity contribution in [3.63, 3.8) is 0 Å². The number of nitrogens with zero attached hydrogens (tertiary/aromatic N) is 1. The minimum absolute atomic E-state index is 0.173. The lowest BCUT2D eigenvalue weighted by molar-refractivity contribution is 0.0810. The lowest BCUT2D eigenvalue weighted by atomic mass is 10.0. The quantitative estimate of drug-likeness (QED) is 0.816. The Morgan fingerprint density at radius 1 is 1.40 bits per heavy atom. The number of rotatable bonds is 3. The van der Waals surface area contributed by atoms with Crippen LogP contribution in [0.25, 0.3) is 0 Å². The molecule has 0 saturated carbocycles. The van der Waals surface area contributed by atoms with Crippen molar-refractivity contribution in [2.24, 2.45) is 10.9 Å². The monoisotopic (exact) mass is 204 g/mol. The van der Waals surface area contributed by atoms with Crippen LogP contribution in [0.5, 0.6) is 0 Å². The molecule has 1 heterocycles. The molecule has 0 saturated heterocycles. The average molecular weight is 204 g/mol. The zero-order chi connectivity index (χ0) is 10.7. The summed E-state index contributed by atoms with van der Waals surface area (Å²) in [6.07, 6.45) is 1.92. The Hall–Kier alpha value is -1.35. The number of aryl methyl sites for hydroxylation is 1. The number of nitrogens with two attached hydrogens (primary N) is 1. The highest BCUT2D eigenvalue weighted by atomic mass is 16.6. The number of oxime groups is 1. The molecule has 1 unspecified atom stereocenters. The molecule has 15 heavy (non-hydrogen) atoms. The minimum atomic E-state index is 0.173. The maximum absolute atomic E-state index is 5.48. The SMILES string of the molecule is Cc1ccc(C2=NOC(CCN)C2)cc1. The normalized spacial score (nSPS) is 19.9. The van der Waals surface area contributed by atoms with Crippen LogP contribution in [0.1, 0.15) is 24.0 Å². The maximum Gasteiger partial charge on any atom is 0.134 e. The molecule has 1 aromatic carbocycles. The molecule has 0 bridgehead atoms. The van der Waals surface area contributed by atoms with E-state index in [9.17, 15) is 0 Å². The summed E-state index contributed by atoms with van der Waals surface area (Å²) < 4.78 is 0. The molecular formula is C12H16N2O. The predicted octanol–water partition coefficient (Wildman–Crippen LogP) is 1.84. The highest BCUT2D eigenvalue weighted by molar-refractivity contribution is 6.01. The van der Waals surface area contributed by atoms with Crippen molar-refractivity contribution in [1.82, 2.24) is 0 Å². The van der Waals surface area contributed by atoms with Crippen LogP contribution in [0, 0.1) is 6.92 Å². The van der Waals surface area contributed by atoms with E-state index >= 15 is 0 Å². The van der Waals surface area contributed by atoms with Gasteiger partial charge in [0.25, 0.3) is 0 Å². The Morgan fingerprint density at radius 2 is 2.13 bits per heavy atom. The van der Waals surface area contributed by atoms with E-state index in [1.54, 1.807) is 0 Å². The van der Waals surface area contributed by atoms with Gasteiger partial charge in [0.1, 0.15) is 6.10 Å². The van der Waals surface area contributed by atoms with Crippen molar-refractivity contribution >= 4 is 5.71 Å². The Balaban J connectivity index is 2.04. The van der Waals surface area contributed by atoms with Gasteiger partial charge in [0.15, 0.2) is 0 Å². The van der Waals surface area contributed by atoms with Crippen molar-refractivity contribution in [2.75, 3.05) is 6.54 Å². The lowest BCUT2D eigenvalue weighted by Crippen LogP contribution is -2.14. The van der Waals surface area contributed by atoms with Crippen LogP contribution in [-0.2, 0) is 4.84 Å². The van der Waals surface area contributed by atoms with Crippen molar-refractivity contribution in [3.05, 3.63) is 35.4 Å². The van der Waals surface area contributed by atoms with Crippen molar-refractivity contribution < 1.29 is 4.84 Å². The standard InChI is InChI=1S/C12H16N2O/c1-9-2-4-10(5-3-9)12-8-11(6-7-13)15-14-12/h2-5,11H,6-8,13H2,1H3. The van der Waals surface area contributed by atoms with Gasteiger partial charge in [-0.3, -0.25) is 0 Å². The van der Waals surface area contributed by atoms with E-state index in [4.69, 9.17) is 10.6 Å². The van der Waals surface area contributed by atoms with E-state index in [1.807, 2.05) is 0 Å². The van der Waals surface area contributed by atoms with Crippen molar-refractivity contribution in [2.45, 2.75) is 25.9 Å². The first-order chi connectivity index (χ1) is 7.29. The number of benzene rings is 1. The summed E-state index contributed by atoms with van der Waals surface area (Å²) in [6.45, 7) is 2.73. The average Bonchev–Trinajstić information content (AvgIpc) is 2.68. The molecule has 1 aliphatic rings. The Bertz CT molecular complexity index is 356. The molecule has 1 aliphatic heterocycles. The third kappa shape index (κ3) is 2.36. The van der Waals surface area contributed by atoms with Gasteiger partial charge in [-0.05, 0) is 25.5 Å². The van der Waals surface area contributed by atoms with E-state index < -0.39 is 0 Å². The fourth-order valence-corrected chi connectivity index (χ4v) is 1.69. The molecule has 3 nitrogen and oxygen atoms in total. The second-order valence-electron chi connectivity index (χ2n) is 3.91. The van der Waals surface area contributed by atoms with Crippen LogP contribution >= 0.6 is 0 Å². The molecule has 2 N–H and O–H groups in total. The molecule has 1 aromatic rings. The lowest BCUT2D eigenvalue weighted by Gasteiger charge is -2.04. The summed E-state index contributed by atoms with van der Waals surface area (Å²) in [5.74, 6) is 0. The summed E-state index contributed by atoms with van der Waals surface area (Å²) >= 11 is 0. The second kappa shape index (κ2) is 4.45. The molecule has 0 amide bonds. The zero-order valence-electron chi connectivity index (χ0n) is 8.94. The van der Waals surface area contributed by atoms with Crippen molar-refractivity contribution in [3.8, 4) is 0 Å². The molecule has 0 aromatic heterocycles.